The van der Waals surface area contributed by atoms with Gasteiger partial charge in [-0.15, -0.1) is 12.4 Å². The number of aryl methyl sites for hydroxylation is 1. The Morgan fingerprint density at radius 1 is 1.45 bits per heavy atom. The molecule has 0 aromatic heterocycles. The molecule has 1 fully saturated rings. The van der Waals surface area contributed by atoms with Gasteiger partial charge in [-0.1, -0.05) is 0 Å². The second-order valence-electron chi connectivity index (χ2n) is 4.96. The molecule has 7 heteroatoms. The molecule has 0 bridgehead atoms. The highest BCUT2D eigenvalue weighted by Crippen LogP contribution is 2.15. The Morgan fingerprint density at radius 2 is 2.20 bits per heavy atom. The molecule has 2 N–H and O–H groups in total. The molecule has 1 atom stereocenters. The van der Waals surface area contributed by atoms with Crippen LogP contribution in [-0.4, -0.2) is 28.1 Å². The van der Waals surface area contributed by atoms with Crippen molar-refractivity contribution in [2.75, 3.05) is 19.6 Å². The quantitative estimate of drug-likeness (QED) is 0.869. The van der Waals surface area contributed by atoms with E-state index in [1.54, 1.807) is 6.92 Å². The Morgan fingerprint density at radius 3 is 2.80 bits per heavy atom. The number of halogens is 2. The summed E-state index contributed by atoms with van der Waals surface area (Å²) in [5, 5.41) is 3.25. The Hall–Kier alpha value is -0.690. The minimum atomic E-state index is -3.53. The van der Waals surface area contributed by atoms with Gasteiger partial charge in [0.1, 0.15) is 5.82 Å². The molecule has 1 aliphatic heterocycles. The van der Waals surface area contributed by atoms with Crippen molar-refractivity contribution in [3.63, 3.8) is 0 Å². The maximum absolute atomic E-state index is 13.1. The Bertz CT molecular complexity index is 545. The summed E-state index contributed by atoms with van der Waals surface area (Å²) in [7, 11) is -3.53. The third-order valence-corrected chi connectivity index (χ3v) is 4.91. The fraction of sp³-hybridized carbons (Fsp3) is 0.538. The average Bonchev–Trinajstić information content (AvgIpc) is 2.85. The molecule has 1 aliphatic rings. The first-order valence-corrected chi connectivity index (χ1v) is 7.94. The maximum atomic E-state index is 13.1. The summed E-state index contributed by atoms with van der Waals surface area (Å²) in [4.78, 5) is 0.121. The molecule has 1 unspecified atom stereocenters. The lowest BCUT2D eigenvalue weighted by atomic mass is 10.1. The number of rotatable bonds is 5. The molecule has 0 radical (unpaired) electrons. The van der Waals surface area contributed by atoms with E-state index in [2.05, 4.69) is 10.0 Å². The number of hydrogen-bond donors (Lipinski definition) is 2. The van der Waals surface area contributed by atoms with Gasteiger partial charge in [-0.05, 0) is 62.5 Å². The monoisotopic (exact) mass is 322 g/mol. The summed E-state index contributed by atoms with van der Waals surface area (Å²) >= 11 is 0. The van der Waals surface area contributed by atoms with Gasteiger partial charge < -0.3 is 5.32 Å². The number of sulfonamides is 1. The fourth-order valence-corrected chi connectivity index (χ4v) is 3.36. The van der Waals surface area contributed by atoms with E-state index in [0.29, 0.717) is 18.0 Å². The molecule has 0 spiro atoms. The summed E-state index contributed by atoms with van der Waals surface area (Å²) in [5.41, 5.74) is 0.336. The first kappa shape index (κ1) is 17.4. The van der Waals surface area contributed by atoms with Crippen LogP contribution in [-0.2, 0) is 10.0 Å². The number of hydrogen-bond acceptors (Lipinski definition) is 3. The number of benzene rings is 1. The summed E-state index contributed by atoms with van der Waals surface area (Å²) < 4.78 is 39.7. The fourth-order valence-electron chi connectivity index (χ4n) is 2.23. The molecular weight excluding hydrogens is 303 g/mol. The summed E-state index contributed by atoms with van der Waals surface area (Å²) in [5.74, 6) is 0.147. The van der Waals surface area contributed by atoms with Gasteiger partial charge in [-0.2, -0.15) is 0 Å². The van der Waals surface area contributed by atoms with Crippen LogP contribution < -0.4 is 10.0 Å². The molecule has 0 amide bonds. The standard InChI is InChI=1S/C13H19FN2O2S.ClH/c1-10-8-12(2-3-13(10)14)19(17,18)16-7-5-11-4-6-15-9-11;/h2-3,8,11,15-16H,4-7,9H2,1H3;1H. The summed E-state index contributed by atoms with van der Waals surface area (Å²) in [6.45, 7) is 3.94. The van der Waals surface area contributed by atoms with Crippen LogP contribution in [0.4, 0.5) is 4.39 Å². The van der Waals surface area contributed by atoms with Crippen molar-refractivity contribution < 1.29 is 12.8 Å². The van der Waals surface area contributed by atoms with Gasteiger partial charge in [0, 0.05) is 6.54 Å². The van der Waals surface area contributed by atoms with Crippen molar-refractivity contribution in [1.82, 2.24) is 10.0 Å². The topological polar surface area (TPSA) is 58.2 Å². The zero-order valence-corrected chi connectivity index (χ0v) is 13.0. The third kappa shape index (κ3) is 4.41. The molecule has 4 nitrogen and oxygen atoms in total. The van der Waals surface area contributed by atoms with Gasteiger partial charge in [-0.3, -0.25) is 0 Å². The van der Waals surface area contributed by atoms with Gasteiger partial charge in [0.15, 0.2) is 0 Å². The summed E-state index contributed by atoms with van der Waals surface area (Å²) in [6.07, 6.45) is 1.92. The van der Waals surface area contributed by atoms with Gasteiger partial charge in [-0.25, -0.2) is 17.5 Å². The lowest BCUT2D eigenvalue weighted by Gasteiger charge is -2.10. The highest BCUT2D eigenvalue weighted by Gasteiger charge is 2.18. The molecule has 1 aromatic carbocycles. The van der Waals surface area contributed by atoms with Crippen molar-refractivity contribution in [3.8, 4) is 0 Å². The van der Waals surface area contributed by atoms with Crippen molar-refractivity contribution in [3.05, 3.63) is 29.6 Å². The Kier molecular flexibility index (Phi) is 6.39. The first-order chi connectivity index (χ1) is 8.99. The van der Waals surface area contributed by atoms with Gasteiger partial charge in [0.25, 0.3) is 0 Å². The van der Waals surface area contributed by atoms with Crippen molar-refractivity contribution in [2.24, 2.45) is 5.92 Å². The molecule has 0 saturated carbocycles. The van der Waals surface area contributed by atoms with Crippen LogP contribution in [0.25, 0.3) is 0 Å². The molecule has 1 saturated heterocycles. The predicted octanol–water partition coefficient (Wildman–Crippen LogP) is 1.83. The molecule has 2 rings (SSSR count). The van der Waals surface area contributed by atoms with Gasteiger partial charge in [0.2, 0.25) is 10.0 Å². The van der Waals surface area contributed by atoms with Crippen LogP contribution in [0, 0.1) is 18.7 Å². The van der Waals surface area contributed by atoms with Crippen LogP contribution >= 0.6 is 12.4 Å². The van der Waals surface area contributed by atoms with E-state index in [-0.39, 0.29) is 17.3 Å². The van der Waals surface area contributed by atoms with E-state index >= 15 is 0 Å². The minimum absolute atomic E-state index is 0. The second-order valence-corrected chi connectivity index (χ2v) is 6.72. The highest BCUT2D eigenvalue weighted by molar-refractivity contribution is 7.89. The van der Waals surface area contributed by atoms with Gasteiger partial charge >= 0.3 is 0 Å². The average molecular weight is 323 g/mol. The smallest absolute Gasteiger partial charge is 0.240 e. The Labute approximate surface area is 125 Å². The molecule has 114 valence electrons. The van der Waals surface area contributed by atoms with E-state index in [1.165, 1.54) is 18.2 Å². The number of nitrogens with one attached hydrogen (secondary N) is 2. The van der Waals surface area contributed by atoms with Crippen LogP contribution in [0.2, 0.25) is 0 Å². The molecule has 1 heterocycles. The second kappa shape index (κ2) is 7.36. The SMILES string of the molecule is Cc1cc(S(=O)(=O)NCCC2CCNC2)ccc1F.Cl. The maximum Gasteiger partial charge on any atom is 0.240 e. The normalized spacial score (nSPS) is 18.8. The molecule has 0 aliphatic carbocycles. The van der Waals surface area contributed by atoms with Crippen molar-refractivity contribution in [1.29, 1.82) is 0 Å². The van der Waals surface area contributed by atoms with E-state index in [4.69, 9.17) is 0 Å². The lowest BCUT2D eigenvalue weighted by Crippen LogP contribution is -2.26. The molecule has 1 aromatic rings. The molecular formula is C13H20ClFN2O2S. The first-order valence-electron chi connectivity index (χ1n) is 6.45. The van der Waals surface area contributed by atoms with E-state index in [0.717, 1.165) is 25.9 Å². The van der Waals surface area contributed by atoms with Crippen LogP contribution in [0.3, 0.4) is 0 Å². The zero-order chi connectivity index (χ0) is 13.9. The lowest BCUT2D eigenvalue weighted by molar-refractivity contribution is 0.519. The minimum Gasteiger partial charge on any atom is -0.316 e. The van der Waals surface area contributed by atoms with Crippen LogP contribution in [0.1, 0.15) is 18.4 Å². The van der Waals surface area contributed by atoms with Gasteiger partial charge in [0.05, 0.1) is 4.90 Å². The van der Waals surface area contributed by atoms with E-state index < -0.39 is 15.8 Å². The predicted molar refractivity (Wildman–Crippen MR) is 79.2 cm³/mol. The summed E-state index contributed by atoms with van der Waals surface area (Å²) in [6, 6.07) is 3.83. The van der Waals surface area contributed by atoms with E-state index in [1.807, 2.05) is 0 Å². The Balaban J connectivity index is 0.00000200. The van der Waals surface area contributed by atoms with Crippen LogP contribution in [0.5, 0.6) is 0 Å². The zero-order valence-electron chi connectivity index (χ0n) is 11.4. The third-order valence-electron chi connectivity index (χ3n) is 3.45. The van der Waals surface area contributed by atoms with E-state index in [9.17, 15) is 12.8 Å². The largest absolute Gasteiger partial charge is 0.316 e. The highest BCUT2D eigenvalue weighted by atomic mass is 35.5. The molecule has 20 heavy (non-hydrogen) atoms. The van der Waals surface area contributed by atoms with Crippen LogP contribution in [0.15, 0.2) is 23.1 Å². The van der Waals surface area contributed by atoms with Crippen molar-refractivity contribution >= 4 is 22.4 Å². The van der Waals surface area contributed by atoms with Crippen molar-refractivity contribution in [2.45, 2.75) is 24.7 Å².